The molecule has 0 aromatic heterocycles. The molecular weight excluding hydrogens is 402 g/mol. The molecule has 0 N–H and O–H groups in total. The van der Waals surface area contributed by atoms with Crippen LogP contribution in [0.15, 0.2) is 0 Å². The van der Waals surface area contributed by atoms with Gasteiger partial charge in [-0.25, -0.2) is 0 Å². The summed E-state index contributed by atoms with van der Waals surface area (Å²) in [7, 11) is -4.56. The molecule has 1 atom stereocenters. The molecule has 0 rings (SSSR count). The zero-order valence-electron chi connectivity index (χ0n) is 20.6. The fraction of sp³-hybridized carbons (Fsp3) is 1.00. The smallest absolute Gasteiger partial charge is 0.132 e. The van der Waals surface area contributed by atoms with Gasteiger partial charge in [-0.1, -0.05) is 62.3 Å². The van der Waals surface area contributed by atoms with Gasteiger partial charge in [-0.3, -0.25) is 4.57 Å². The van der Waals surface area contributed by atoms with Crippen molar-refractivity contribution in [2.75, 3.05) is 6.66 Å². The first-order chi connectivity index (χ1) is 12.3. The molecule has 0 spiro atoms. The van der Waals surface area contributed by atoms with Crippen LogP contribution in [0.1, 0.15) is 90.0 Å². The molecule has 178 valence electrons. The minimum absolute atomic E-state index is 0.171. The van der Waals surface area contributed by atoms with E-state index in [4.69, 9.17) is 14.7 Å². The van der Waals surface area contributed by atoms with Crippen molar-refractivity contribution in [3.63, 3.8) is 0 Å². The third-order valence-electron chi connectivity index (χ3n) is 0.595. The summed E-state index contributed by atoms with van der Waals surface area (Å²) in [5.41, 5.74) is 0. The van der Waals surface area contributed by atoms with Gasteiger partial charge in [-0.05, 0) is 45.4 Å². The Bertz CT molecular complexity index is 280. The van der Waals surface area contributed by atoms with Crippen molar-refractivity contribution in [1.29, 1.82) is 0 Å². The number of hydrogen-bond acceptors (Lipinski definition) is 7. The monoisotopic (exact) mass is 449 g/mol. The summed E-state index contributed by atoms with van der Waals surface area (Å²) >= 11 is 0. The fourth-order valence-corrected chi connectivity index (χ4v) is 1.15. The molecular formula is C19H47O7P2-3. The molecule has 0 heterocycles. The second-order valence-electron chi connectivity index (χ2n) is 8.34. The molecule has 0 bridgehead atoms. The van der Waals surface area contributed by atoms with Crippen molar-refractivity contribution in [2.24, 2.45) is 17.8 Å². The van der Waals surface area contributed by atoms with Crippen LogP contribution in [0.25, 0.3) is 0 Å². The van der Waals surface area contributed by atoms with Crippen LogP contribution in [-0.4, -0.2) is 18.9 Å². The Morgan fingerprint density at radius 3 is 0.857 bits per heavy atom. The van der Waals surface area contributed by atoms with Crippen molar-refractivity contribution >= 4 is 16.3 Å². The van der Waals surface area contributed by atoms with Gasteiger partial charge in [-0.15, -0.1) is 0 Å². The van der Waals surface area contributed by atoms with Crippen molar-refractivity contribution < 1.29 is 33.6 Å². The first kappa shape index (κ1) is 42.3. The van der Waals surface area contributed by atoms with E-state index in [1.807, 2.05) is 0 Å². The van der Waals surface area contributed by atoms with Gasteiger partial charge in [0.05, 0.1) is 14.8 Å². The van der Waals surface area contributed by atoms with Crippen molar-refractivity contribution in [3.05, 3.63) is 0 Å². The Hall–Kier alpha value is 0.130. The van der Waals surface area contributed by atoms with Gasteiger partial charge >= 0.3 is 0 Å². The van der Waals surface area contributed by atoms with E-state index >= 15 is 0 Å². The van der Waals surface area contributed by atoms with E-state index in [-0.39, 0.29) is 12.2 Å². The van der Waals surface area contributed by atoms with Crippen LogP contribution < -0.4 is 15.0 Å². The van der Waals surface area contributed by atoms with Gasteiger partial charge in [0, 0.05) is 12.8 Å². The summed E-state index contributed by atoms with van der Waals surface area (Å²) < 4.78 is 23.0. The average Bonchev–Trinajstić information content (AvgIpc) is 2.34. The van der Waals surface area contributed by atoms with E-state index in [1.54, 1.807) is 27.7 Å². The lowest BCUT2D eigenvalue weighted by molar-refractivity contribution is -0.700. The second-order valence-corrected chi connectivity index (χ2v) is 10.2. The Kier molecular flexibility index (Phi) is 48.0. The third kappa shape index (κ3) is 325. The molecule has 9 heteroatoms. The highest BCUT2D eigenvalue weighted by Gasteiger charge is 2.00. The molecule has 1 unspecified atom stereocenters. The quantitative estimate of drug-likeness (QED) is 0.344. The SMILES string of the molecule is CC(C)C.CC(C)C.CC(C)C.CC(C)OP(C)(=O)[O-].CC(C)O[O-].O=P[O-]. The summed E-state index contributed by atoms with van der Waals surface area (Å²) in [5.74, 6) is 2.50. The van der Waals surface area contributed by atoms with Crippen molar-refractivity contribution in [2.45, 2.75) is 102 Å². The van der Waals surface area contributed by atoms with Gasteiger partial charge in [-0.2, -0.15) is 0 Å². The van der Waals surface area contributed by atoms with Crippen LogP contribution in [-0.2, 0) is 18.5 Å². The standard InChI is InChI=1S/C4H11O3P.3C4H10.C3H8O2.HO2P/c1-4(2)7-8(3,5)6;3*1-4(2)3;1-3(2)5-4;1-3-2/h4H,1-3H3,(H,5,6);3*4H,1-3H3;3-4H,1-2H3;(H,1,2)/p-3. The minimum Gasteiger partial charge on any atom is -0.779 e. The Balaban J connectivity index is -0.0000000538. The van der Waals surface area contributed by atoms with Gasteiger partial charge < -0.3 is 29.0 Å². The highest BCUT2D eigenvalue weighted by atomic mass is 31.2. The first-order valence-electron chi connectivity index (χ1n) is 9.50. The lowest BCUT2D eigenvalue weighted by atomic mass is 10.3. The van der Waals surface area contributed by atoms with E-state index in [0.29, 0.717) is 0 Å². The van der Waals surface area contributed by atoms with E-state index in [1.165, 1.54) is 0 Å². The minimum atomic E-state index is -3.47. The van der Waals surface area contributed by atoms with Crippen molar-refractivity contribution in [1.82, 2.24) is 0 Å². The summed E-state index contributed by atoms with van der Waals surface area (Å²) in [6.07, 6.45) is -0.404. The summed E-state index contributed by atoms with van der Waals surface area (Å²) in [5, 5.41) is 9.13. The first-order valence-corrected chi connectivity index (χ1v) is 12.2. The molecule has 0 aliphatic carbocycles. The van der Waals surface area contributed by atoms with Gasteiger partial charge in [0.25, 0.3) is 0 Å². The fourth-order valence-electron chi connectivity index (χ4n) is 0.383. The maximum absolute atomic E-state index is 10.2. The zero-order valence-corrected chi connectivity index (χ0v) is 22.4. The lowest BCUT2D eigenvalue weighted by Crippen LogP contribution is -2.12. The molecule has 0 saturated heterocycles. The zero-order chi connectivity index (χ0) is 24.5. The number of rotatable bonds is 3. The topological polar surface area (TPSA) is 122 Å². The van der Waals surface area contributed by atoms with E-state index < -0.39 is 16.3 Å². The highest BCUT2D eigenvalue weighted by Crippen LogP contribution is 2.32. The third-order valence-corrected chi connectivity index (χ3v) is 1.40. The Labute approximate surface area is 177 Å². The summed E-state index contributed by atoms with van der Waals surface area (Å²) in [6.45, 7) is 27.3. The lowest BCUT2D eigenvalue weighted by Gasteiger charge is -2.19. The molecule has 0 aliphatic rings. The van der Waals surface area contributed by atoms with Gasteiger partial charge in [0.2, 0.25) is 0 Å². The van der Waals surface area contributed by atoms with Crippen LogP contribution >= 0.6 is 16.3 Å². The van der Waals surface area contributed by atoms with E-state index in [0.717, 1.165) is 24.4 Å². The Morgan fingerprint density at radius 1 is 0.714 bits per heavy atom. The molecule has 28 heavy (non-hydrogen) atoms. The van der Waals surface area contributed by atoms with Crippen LogP contribution in [0, 0.1) is 17.8 Å². The summed E-state index contributed by atoms with van der Waals surface area (Å²) in [6, 6.07) is 0. The van der Waals surface area contributed by atoms with Gasteiger partial charge in [0.1, 0.15) is 7.60 Å². The molecule has 0 aliphatic heterocycles. The second kappa shape index (κ2) is 31.8. The molecule has 0 fully saturated rings. The molecule has 0 aromatic rings. The van der Waals surface area contributed by atoms with E-state index in [2.05, 4.69) is 71.7 Å². The summed E-state index contributed by atoms with van der Waals surface area (Å²) in [4.78, 5) is 22.1. The van der Waals surface area contributed by atoms with Crippen LogP contribution in [0.4, 0.5) is 0 Å². The molecule has 0 aromatic carbocycles. The number of hydrogen-bond donors (Lipinski definition) is 0. The predicted molar refractivity (Wildman–Crippen MR) is 115 cm³/mol. The highest BCUT2D eigenvalue weighted by molar-refractivity contribution is 7.50. The molecule has 0 saturated carbocycles. The predicted octanol–water partition coefficient (Wildman–Crippen LogP) is 4.82. The maximum atomic E-state index is 10.2. The largest absolute Gasteiger partial charge is 0.779 e. The van der Waals surface area contributed by atoms with Crippen LogP contribution in [0.2, 0.25) is 0 Å². The van der Waals surface area contributed by atoms with Crippen LogP contribution in [0.5, 0.6) is 0 Å². The Morgan fingerprint density at radius 2 is 0.857 bits per heavy atom. The van der Waals surface area contributed by atoms with Crippen molar-refractivity contribution in [3.8, 4) is 0 Å². The molecule has 0 amide bonds. The molecule has 0 radical (unpaired) electrons. The average molecular weight is 450 g/mol. The van der Waals surface area contributed by atoms with E-state index in [9.17, 15) is 9.46 Å². The van der Waals surface area contributed by atoms with Gasteiger partial charge in [0.15, 0.2) is 0 Å². The maximum Gasteiger partial charge on any atom is 0.132 e. The normalized spacial score (nSPS) is 11.6. The van der Waals surface area contributed by atoms with Crippen LogP contribution in [0.3, 0.4) is 0 Å². The molecule has 7 nitrogen and oxygen atoms in total.